The standard InChI is InChI=1S/C16H14N2O3/c1-9-15(19)17-14(18-16(9)20)12-4-3-11-8-13(21-2)6-5-10(11)7-12/h3-8H,1-2H3,(H2,17,18,19,20). The van der Waals surface area contributed by atoms with Crippen molar-refractivity contribution < 1.29 is 9.84 Å². The topological polar surface area (TPSA) is 75.2 Å². The second-order valence-corrected chi connectivity index (χ2v) is 4.79. The smallest absolute Gasteiger partial charge is 0.257 e. The van der Waals surface area contributed by atoms with Crippen LogP contribution in [0.2, 0.25) is 0 Å². The van der Waals surface area contributed by atoms with Crippen LogP contribution in [0.3, 0.4) is 0 Å². The Hall–Kier alpha value is -2.82. The van der Waals surface area contributed by atoms with Gasteiger partial charge in [0, 0.05) is 5.56 Å². The molecule has 0 fully saturated rings. The van der Waals surface area contributed by atoms with Crippen LogP contribution in [-0.4, -0.2) is 22.2 Å². The fraction of sp³-hybridized carbons (Fsp3) is 0.125. The Morgan fingerprint density at radius 2 is 1.86 bits per heavy atom. The zero-order valence-electron chi connectivity index (χ0n) is 11.7. The number of nitrogens with one attached hydrogen (secondary N) is 1. The van der Waals surface area contributed by atoms with Crippen molar-refractivity contribution in [1.82, 2.24) is 9.97 Å². The van der Waals surface area contributed by atoms with Crippen LogP contribution in [0.1, 0.15) is 5.56 Å². The molecule has 0 unspecified atom stereocenters. The van der Waals surface area contributed by atoms with Gasteiger partial charge < -0.3 is 14.8 Å². The van der Waals surface area contributed by atoms with E-state index >= 15 is 0 Å². The van der Waals surface area contributed by atoms with E-state index < -0.39 is 0 Å². The fourth-order valence-corrected chi connectivity index (χ4v) is 2.16. The number of aromatic amines is 1. The summed E-state index contributed by atoms with van der Waals surface area (Å²) in [6.45, 7) is 1.53. The van der Waals surface area contributed by atoms with Gasteiger partial charge in [-0.05, 0) is 35.9 Å². The third-order valence-corrected chi connectivity index (χ3v) is 3.45. The van der Waals surface area contributed by atoms with Crippen LogP contribution >= 0.6 is 0 Å². The predicted octanol–water partition coefficient (Wildman–Crippen LogP) is 2.61. The Labute approximate surface area is 120 Å². The van der Waals surface area contributed by atoms with Crippen molar-refractivity contribution in [3.05, 3.63) is 52.3 Å². The van der Waals surface area contributed by atoms with Crippen LogP contribution in [0.5, 0.6) is 11.6 Å². The summed E-state index contributed by atoms with van der Waals surface area (Å²) in [5, 5.41) is 11.7. The first-order chi connectivity index (χ1) is 10.1. The highest BCUT2D eigenvalue weighted by Crippen LogP contribution is 2.25. The van der Waals surface area contributed by atoms with E-state index in [-0.39, 0.29) is 17.0 Å². The molecule has 2 aromatic carbocycles. The number of benzene rings is 2. The number of hydrogen-bond acceptors (Lipinski definition) is 4. The molecule has 0 amide bonds. The average Bonchev–Trinajstić information content (AvgIpc) is 2.51. The normalized spacial score (nSPS) is 10.8. The van der Waals surface area contributed by atoms with Crippen molar-refractivity contribution in [2.24, 2.45) is 0 Å². The van der Waals surface area contributed by atoms with Gasteiger partial charge >= 0.3 is 0 Å². The van der Waals surface area contributed by atoms with Crippen LogP contribution in [0, 0.1) is 6.92 Å². The summed E-state index contributed by atoms with van der Waals surface area (Å²) in [5.41, 5.74) is 0.608. The van der Waals surface area contributed by atoms with Gasteiger partial charge in [-0.1, -0.05) is 18.2 Å². The van der Waals surface area contributed by atoms with Crippen LogP contribution in [0.15, 0.2) is 41.2 Å². The minimum atomic E-state index is -0.340. The summed E-state index contributed by atoms with van der Waals surface area (Å²) < 4.78 is 5.19. The van der Waals surface area contributed by atoms with Crippen LogP contribution in [0.4, 0.5) is 0 Å². The van der Waals surface area contributed by atoms with Gasteiger partial charge in [0.2, 0.25) is 5.88 Å². The fourth-order valence-electron chi connectivity index (χ4n) is 2.16. The largest absolute Gasteiger partial charge is 0.497 e. The van der Waals surface area contributed by atoms with Crippen molar-refractivity contribution in [3.63, 3.8) is 0 Å². The molecule has 0 aliphatic carbocycles. The number of nitrogens with zero attached hydrogens (tertiary/aromatic N) is 1. The second-order valence-electron chi connectivity index (χ2n) is 4.79. The van der Waals surface area contributed by atoms with E-state index in [4.69, 9.17) is 4.74 Å². The van der Waals surface area contributed by atoms with Crippen LogP contribution in [0.25, 0.3) is 22.2 Å². The van der Waals surface area contributed by atoms with E-state index in [1.54, 1.807) is 7.11 Å². The monoisotopic (exact) mass is 282 g/mol. The lowest BCUT2D eigenvalue weighted by atomic mass is 10.1. The number of aromatic hydroxyl groups is 1. The minimum Gasteiger partial charge on any atom is -0.497 e. The maximum Gasteiger partial charge on any atom is 0.257 e. The molecule has 5 nitrogen and oxygen atoms in total. The molecule has 1 aromatic heterocycles. The number of methoxy groups -OCH3 is 1. The molecule has 2 N–H and O–H groups in total. The highest BCUT2D eigenvalue weighted by molar-refractivity contribution is 5.87. The molecule has 3 rings (SSSR count). The number of rotatable bonds is 2. The average molecular weight is 282 g/mol. The van der Waals surface area contributed by atoms with Gasteiger partial charge in [0.1, 0.15) is 11.6 Å². The van der Waals surface area contributed by atoms with E-state index in [0.717, 1.165) is 22.1 Å². The number of ether oxygens (including phenoxy) is 1. The van der Waals surface area contributed by atoms with Gasteiger partial charge in [-0.25, -0.2) is 0 Å². The zero-order chi connectivity index (χ0) is 15.0. The minimum absolute atomic E-state index is 0.212. The molecule has 21 heavy (non-hydrogen) atoms. The van der Waals surface area contributed by atoms with Gasteiger partial charge in [0.15, 0.2) is 0 Å². The maximum atomic E-state index is 11.7. The second kappa shape index (κ2) is 4.94. The summed E-state index contributed by atoms with van der Waals surface area (Å²) in [5.74, 6) is 0.888. The maximum absolute atomic E-state index is 11.7. The molecule has 5 heteroatoms. The first-order valence-electron chi connectivity index (χ1n) is 6.46. The van der Waals surface area contributed by atoms with E-state index in [1.165, 1.54) is 6.92 Å². The van der Waals surface area contributed by atoms with Gasteiger partial charge in [-0.2, -0.15) is 4.98 Å². The van der Waals surface area contributed by atoms with Gasteiger partial charge in [-0.3, -0.25) is 4.79 Å². The molecule has 0 saturated carbocycles. The lowest BCUT2D eigenvalue weighted by Gasteiger charge is -2.06. The quantitative estimate of drug-likeness (QED) is 0.757. The molecule has 0 atom stereocenters. The Balaban J connectivity index is 2.15. The molecule has 0 radical (unpaired) electrons. The molecule has 0 saturated heterocycles. The Kier molecular flexibility index (Phi) is 3.10. The third kappa shape index (κ3) is 2.33. The molecule has 0 bridgehead atoms. The van der Waals surface area contributed by atoms with Crippen molar-refractivity contribution in [3.8, 4) is 23.0 Å². The van der Waals surface area contributed by atoms with E-state index in [2.05, 4.69) is 9.97 Å². The highest BCUT2D eigenvalue weighted by Gasteiger charge is 2.08. The van der Waals surface area contributed by atoms with Crippen molar-refractivity contribution in [2.75, 3.05) is 7.11 Å². The number of H-pyrrole nitrogens is 1. The molecule has 1 heterocycles. The number of aromatic nitrogens is 2. The summed E-state index contributed by atoms with van der Waals surface area (Å²) in [7, 11) is 1.62. The lowest BCUT2D eigenvalue weighted by Crippen LogP contribution is -2.12. The molecule has 0 aliphatic heterocycles. The Morgan fingerprint density at radius 1 is 1.14 bits per heavy atom. The summed E-state index contributed by atoms with van der Waals surface area (Å²) in [6.07, 6.45) is 0. The summed E-state index contributed by atoms with van der Waals surface area (Å²) >= 11 is 0. The first kappa shape index (κ1) is 13.2. The molecule has 3 aromatic rings. The van der Waals surface area contributed by atoms with Crippen molar-refractivity contribution >= 4 is 10.8 Å². The van der Waals surface area contributed by atoms with E-state index in [9.17, 15) is 9.90 Å². The van der Waals surface area contributed by atoms with E-state index in [0.29, 0.717) is 5.82 Å². The van der Waals surface area contributed by atoms with Crippen molar-refractivity contribution in [2.45, 2.75) is 6.92 Å². The first-order valence-corrected chi connectivity index (χ1v) is 6.46. The number of fused-ring (bicyclic) bond motifs is 1. The predicted molar refractivity (Wildman–Crippen MR) is 80.8 cm³/mol. The Bertz CT molecular complexity index is 884. The lowest BCUT2D eigenvalue weighted by molar-refractivity contribution is 0.415. The van der Waals surface area contributed by atoms with E-state index in [1.807, 2.05) is 36.4 Å². The summed E-state index contributed by atoms with van der Waals surface area (Å²) in [4.78, 5) is 18.4. The Morgan fingerprint density at radius 3 is 2.57 bits per heavy atom. The molecule has 0 aliphatic rings. The molecular formula is C16H14N2O3. The summed E-state index contributed by atoms with van der Waals surface area (Å²) in [6, 6.07) is 11.4. The third-order valence-electron chi connectivity index (χ3n) is 3.45. The zero-order valence-corrected chi connectivity index (χ0v) is 11.7. The van der Waals surface area contributed by atoms with Crippen LogP contribution < -0.4 is 10.3 Å². The molecule has 106 valence electrons. The molecule has 0 spiro atoms. The van der Waals surface area contributed by atoms with Gasteiger partial charge in [-0.15, -0.1) is 0 Å². The highest BCUT2D eigenvalue weighted by atomic mass is 16.5. The van der Waals surface area contributed by atoms with Crippen molar-refractivity contribution in [1.29, 1.82) is 0 Å². The van der Waals surface area contributed by atoms with Gasteiger partial charge in [0.05, 0.1) is 12.7 Å². The van der Waals surface area contributed by atoms with Gasteiger partial charge in [0.25, 0.3) is 5.56 Å². The van der Waals surface area contributed by atoms with Crippen LogP contribution in [-0.2, 0) is 0 Å². The number of hydrogen-bond donors (Lipinski definition) is 2. The molecular weight excluding hydrogens is 268 g/mol. The SMILES string of the molecule is COc1ccc2cc(-c3nc(O)c(C)c(=O)[nH]3)ccc2c1.